The van der Waals surface area contributed by atoms with E-state index < -0.39 is 0 Å². The lowest BCUT2D eigenvalue weighted by Crippen LogP contribution is -2.37. The molecular formula is C30H36N8O2. The second-order valence-electron chi connectivity index (χ2n) is 9.94. The molecule has 0 spiro atoms. The fraction of sp³-hybridized carbons (Fsp3) is 0.333. The van der Waals surface area contributed by atoms with Crippen LogP contribution in [-0.2, 0) is 17.7 Å². The SMILES string of the molecule is CCn1cc(-c2ccnc(Nc3cccc(CCN4CCOCC4)c3)n2)c(-c2ccc(NC(=O)N(C)C)cc2)n1. The van der Waals surface area contributed by atoms with Crippen LogP contribution in [0.25, 0.3) is 22.5 Å². The van der Waals surface area contributed by atoms with Crippen LogP contribution in [0, 0.1) is 0 Å². The maximum Gasteiger partial charge on any atom is 0.321 e. The van der Waals surface area contributed by atoms with Gasteiger partial charge in [-0.15, -0.1) is 0 Å². The average Bonchev–Trinajstić information content (AvgIpc) is 3.42. The van der Waals surface area contributed by atoms with Gasteiger partial charge in [-0.2, -0.15) is 5.10 Å². The van der Waals surface area contributed by atoms with Crippen LogP contribution in [0.1, 0.15) is 12.5 Å². The number of morpholine rings is 1. The summed E-state index contributed by atoms with van der Waals surface area (Å²) in [5.41, 5.74) is 6.39. The number of hydrogen-bond donors (Lipinski definition) is 2. The van der Waals surface area contributed by atoms with Crippen molar-refractivity contribution >= 4 is 23.4 Å². The summed E-state index contributed by atoms with van der Waals surface area (Å²) in [6.45, 7) is 7.42. The minimum Gasteiger partial charge on any atom is -0.379 e. The van der Waals surface area contributed by atoms with Crippen molar-refractivity contribution in [3.05, 3.63) is 72.6 Å². The van der Waals surface area contributed by atoms with Crippen molar-refractivity contribution in [2.45, 2.75) is 19.9 Å². The molecule has 1 saturated heterocycles. The van der Waals surface area contributed by atoms with Crippen LogP contribution in [0.15, 0.2) is 67.0 Å². The number of carbonyl (C=O) groups is 1. The lowest BCUT2D eigenvalue weighted by molar-refractivity contribution is 0.0384. The van der Waals surface area contributed by atoms with Gasteiger partial charge in [-0.25, -0.2) is 14.8 Å². The molecule has 1 aliphatic heterocycles. The van der Waals surface area contributed by atoms with Crippen molar-refractivity contribution in [3.8, 4) is 22.5 Å². The van der Waals surface area contributed by atoms with E-state index in [1.54, 1.807) is 20.3 Å². The summed E-state index contributed by atoms with van der Waals surface area (Å²) >= 11 is 0. The Labute approximate surface area is 235 Å². The maximum absolute atomic E-state index is 12.0. The summed E-state index contributed by atoms with van der Waals surface area (Å²) in [5.74, 6) is 0.528. The second-order valence-corrected chi connectivity index (χ2v) is 9.94. The first-order chi connectivity index (χ1) is 19.5. The lowest BCUT2D eigenvalue weighted by Gasteiger charge is -2.26. The van der Waals surface area contributed by atoms with Crippen LogP contribution in [-0.4, -0.2) is 82.5 Å². The molecule has 10 nitrogen and oxygen atoms in total. The molecule has 10 heteroatoms. The number of ether oxygens (including phenoxy) is 1. The number of aryl methyl sites for hydroxylation is 1. The molecule has 2 aromatic carbocycles. The standard InChI is InChI=1S/C30H36N8O2/c1-4-38-21-26(28(35-38)23-8-10-24(11-9-23)33-30(39)36(2)3)27-12-14-31-29(34-27)32-25-7-5-6-22(20-25)13-15-37-16-18-40-19-17-37/h5-12,14,20-21H,4,13,15-19H2,1-3H3,(H,33,39)(H,31,32,34). The third kappa shape index (κ3) is 6.83. The number of benzene rings is 2. The normalized spacial score (nSPS) is 13.7. The van der Waals surface area contributed by atoms with Gasteiger partial charge in [0.05, 0.1) is 18.9 Å². The van der Waals surface area contributed by atoms with Gasteiger partial charge in [0.2, 0.25) is 5.95 Å². The van der Waals surface area contributed by atoms with E-state index in [2.05, 4.69) is 45.6 Å². The van der Waals surface area contributed by atoms with Gasteiger partial charge in [0.15, 0.2) is 0 Å². The summed E-state index contributed by atoms with van der Waals surface area (Å²) < 4.78 is 7.36. The number of aromatic nitrogens is 4. The molecule has 0 bridgehead atoms. The Bertz CT molecular complexity index is 1430. The zero-order chi connectivity index (χ0) is 27.9. The van der Waals surface area contributed by atoms with E-state index in [1.165, 1.54) is 10.5 Å². The van der Waals surface area contributed by atoms with Crippen molar-refractivity contribution in [1.82, 2.24) is 29.5 Å². The smallest absolute Gasteiger partial charge is 0.321 e. The summed E-state index contributed by atoms with van der Waals surface area (Å²) in [4.78, 5) is 25.3. The summed E-state index contributed by atoms with van der Waals surface area (Å²) in [6.07, 6.45) is 4.75. The molecule has 5 rings (SSSR count). The average molecular weight is 541 g/mol. The van der Waals surface area contributed by atoms with Gasteiger partial charge in [0.1, 0.15) is 5.69 Å². The van der Waals surface area contributed by atoms with Crippen LogP contribution in [0.2, 0.25) is 0 Å². The van der Waals surface area contributed by atoms with Gasteiger partial charge in [-0.05, 0) is 49.2 Å². The highest BCUT2D eigenvalue weighted by Gasteiger charge is 2.16. The van der Waals surface area contributed by atoms with E-state index in [-0.39, 0.29) is 6.03 Å². The Kier molecular flexibility index (Phi) is 8.68. The minimum atomic E-state index is -0.174. The first-order valence-electron chi connectivity index (χ1n) is 13.6. The van der Waals surface area contributed by atoms with E-state index in [0.717, 1.165) is 79.7 Å². The molecule has 0 aliphatic carbocycles. The van der Waals surface area contributed by atoms with E-state index in [0.29, 0.717) is 5.95 Å². The van der Waals surface area contributed by atoms with E-state index in [4.69, 9.17) is 14.8 Å². The van der Waals surface area contributed by atoms with Gasteiger partial charge < -0.3 is 20.3 Å². The molecular weight excluding hydrogens is 504 g/mol. The highest BCUT2D eigenvalue weighted by Crippen LogP contribution is 2.31. The van der Waals surface area contributed by atoms with Crippen LogP contribution in [0.3, 0.4) is 0 Å². The molecule has 0 radical (unpaired) electrons. The minimum absolute atomic E-state index is 0.174. The Balaban J connectivity index is 1.33. The van der Waals surface area contributed by atoms with Crippen molar-refractivity contribution in [2.75, 3.05) is 57.6 Å². The number of nitrogens with one attached hydrogen (secondary N) is 2. The number of urea groups is 1. The lowest BCUT2D eigenvalue weighted by atomic mass is 10.1. The number of amides is 2. The van der Waals surface area contributed by atoms with E-state index in [1.807, 2.05) is 47.3 Å². The number of hydrogen-bond acceptors (Lipinski definition) is 7. The van der Waals surface area contributed by atoms with Crippen LogP contribution < -0.4 is 10.6 Å². The van der Waals surface area contributed by atoms with Gasteiger partial charge in [0.25, 0.3) is 0 Å². The second kappa shape index (κ2) is 12.7. The quantitative estimate of drug-likeness (QED) is 0.316. The molecule has 40 heavy (non-hydrogen) atoms. The van der Waals surface area contributed by atoms with Gasteiger partial charge >= 0.3 is 6.03 Å². The number of anilines is 3. The zero-order valence-corrected chi connectivity index (χ0v) is 23.3. The van der Waals surface area contributed by atoms with Crippen LogP contribution in [0.4, 0.5) is 22.1 Å². The predicted molar refractivity (Wildman–Crippen MR) is 158 cm³/mol. The fourth-order valence-corrected chi connectivity index (χ4v) is 4.55. The van der Waals surface area contributed by atoms with Crippen molar-refractivity contribution in [2.24, 2.45) is 0 Å². The highest BCUT2D eigenvalue weighted by atomic mass is 16.5. The molecule has 0 saturated carbocycles. The van der Waals surface area contributed by atoms with Crippen LogP contribution >= 0.6 is 0 Å². The van der Waals surface area contributed by atoms with Gasteiger partial charge in [-0.3, -0.25) is 9.58 Å². The topological polar surface area (TPSA) is 100 Å². The van der Waals surface area contributed by atoms with Gasteiger partial charge in [0, 0.05) is 75.2 Å². The Hall–Kier alpha value is -4.28. The van der Waals surface area contributed by atoms with Crippen LogP contribution in [0.5, 0.6) is 0 Å². The third-order valence-electron chi connectivity index (χ3n) is 6.84. The first kappa shape index (κ1) is 27.3. The van der Waals surface area contributed by atoms with Gasteiger partial charge in [-0.1, -0.05) is 24.3 Å². The Morgan fingerprint density at radius 1 is 1.05 bits per heavy atom. The number of carbonyl (C=O) groups excluding carboxylic acids is 1. The summed E-state index contributed by atoms with van der Waals surface area (Å²) in [6, 6.07) is 17.8. The number of rotatable bonds is 9. The third-order valence-corrected chi connectivity index (χ3v) is 6.84. The number of nitrogens with zero attached hydrogens (tertiary/aromatic N) is 6. The van der Waals surface area contributed by atoms with Crippen molar-refractivity contribution in [1.29, 1.82) is 0 Å². The molecule has 2 amide bonds. The predicted octanol–water partition coefficient (Wildman–Crippen LogP) is 4.74. The molecule has 2 aromatic heterocycles. The molecule has 2 N–H and O–H groups in total. The largest absolute Gasteiger partial charge is 0.379 e. The monoisotopic (exact) mass is 540 g/mol. The summed E-state index contributed by atoms with van der Waals surface area (Å²) in [5, 5.41) is 11.1. The molecule has 4 aromatic rings. The molecule has 0 atom stereocenters. The van der Waals surface area contributed by atoms with Crippen molar-refractivity contribution in [3.63, 3.8) is 0 Å². The van der Waals surface area contributed by atoms with Crippen molar-refractivity contribution < 1.29 is 9.53 Å². The molecule has 1 aliphatic rings. The fourth-order valence-electron chi connectivity index (χ4n) is 4.55. The first-order valence-corrected chi connectivity index (χ1v) is 13.6. The zero-order valence-electron chi connectivity index (χ0n) is 23.3. The maximum atomic E-state index is 12.0. The molecule has 0 unspecified atom stereocenters. The Morgan fingerprint density at radius 2 is 1.85 bits per heavy atom. The van der Waals surface area contributed by atoms with E-state index in [9.17, 15) is 4.79 Å². The molecule has 1 fully saturated rings. The summed E-state index contributed by atoms with van der Waals surface area (Å²) in [7, 11) is 3.42. The van der Waals surface area contributed by atoms with E-state index >= 15 is 0 Å². The molecule has 3 heterocycles. The Morgan fingerprint density at radius 3 is 2.60 bits per heavy atom. The highest BCUT2D eigenvalue weighted by molar-refractivity contribution is 5.89. The molecule has 208 valence electrons.